The highest BCUT2D eigenvalue weighted by Crippen LogP contribution is 2.38. The van der Waals surface area contributed by atoms with Crippen molar-refractivity contribution in [2.24, 2.45) is 5.92 Å². The van der Waals surface area contributed by atoms with Gasteiger partial charge in [0.25, 0.3) is 0 Å². The van der Waals surface area contributed by atoms with E-state index in [2.05, 4.69) is 42.7 Å². The summed E-state index contributed by atoms with van der Waals surface area (Å²) in [6.45, 7) is 12.2. The van der Waals surface area contributed by atoms with E-state index in [1.165, 1.54) is 57.6 Å². The van der Waals surface area contributed by atoms with Gasteiger partial charge in [-0.1, -0.05) is 13.8 Å². The normalized spacial score (nSPS) is 35.0. The van der Waals surface area contributed by atoms with Crippen LogP contribution in [0.4, 0.5) is 0 Å². The van der Waals surface area contributed by atoms with Crippen molar-refractivity contribution >= 4 is 11.8 Å². The van der Waals surface area contributed by atoms with E-state index in [0.29, 0.717) is 10.8 Å². The summed E-state index contributed by atoms with van der Waals surface area (Å²) in [5.41, 5.74) is 0. The maximum absolute atomic E-state index is 3.73. The van der Waals surface area contributed by atoms with Crippen molar-refractivity contribution in [3.63, 3.8) is 0 Å². The summed E-state index contributed by atoms with van der Waals surface area (Å²) in [7, 11) is 0. The van der Waals surface area contributed by atoms with Gasteiger partial charge in [-0.15, -0.1) is 0 Å². The van der Waals surface area contributed by atoms with Crippen LogP contribution in [0.1, 0.15) is 46.5 Å². The van der Waals surface area contributed by atoms with Crippen LogP contribution in [0.3, 0.4) is 0 Å². The highest BCUT2D eigenvalue weighted by atomic mass is 32.2. The Kier molecular flexibility index (Phi) is 5.40. The van der Waals surface area contributed by atoms with E-state index < -0.39 is 0 Å². The van der Waals surface area contributed by atoms with Gasteiger partial charge in [-0.05, 0) is 57.4 Å². The van der Waals surface area contributed by atoms with Crippen LogP contribution in [0.5, 0.6) is 0 Å². The van der Waals surface area contributed by atoms with Crippen LogP contribution in [-0.4, -0.2) is 47.6 Å². The van der Waals surface area contributed by atoms with Crippen LogP contribution in [0.15, 0.2) is 0 Å². The Labute approximate surface area is 117 Å². The van der Waals surface area contributed by atoms with Gasteiger partial charge in [0.2, 0.25) is 0 Å². The number of nitrogens with one attached hydrogen (secondary N) is 1. The zero-order valence-corrected chi connectivity index (χ0v) is 13.2. The zero-order valence-electron chi connectivity index (χ0n) is 12.4. The minimum Gasteiger partial charge on any atom is -0.313 e. The van der Waals surface area contributed by atoms with Crippen LogP contribution in [0.25, 0.3) is 0 Å². The molecule has 3 heteroatoms. The SMILES string of the molecule is CC(C)CC1CN(CC2(C)CCCS2)CCCN1. The van der Waals surface area contributed by atoms with Crippen molar-refractivity contribution in [3.05, 3.63) is 0 Å². The lowest BCUT2D eigenvalue weighted by molar-refractivity contribution is 0.234. The van der Waals surface area contributed by atoms with Gasteiger partial charge in [0.05, 0.1) is 0 Å². The van der Waals surface area contributed by atoms with Gasteiger partial charge in [0, 0.05) is 23.9 Å². The van der Waals surface area contributed by atoms with Crippen LogP contribution < -0.4 is 5.32 Å². The molecule has 0 aromatic carbocycles. The van der Waals surface area contributed by atoms with E-state index >= 15 is 0 Å². The maximum Gasteiger partial charge on any atom is 0.0259 e. The van der Waals surface area contributed by atoms with Crippen molar-refractivity contribution in [2.45, 2.75) is 57.2 Å². The van der Waals surface area contributed by atoms with E-state index in [0.717, 1.165) is 5.92 Å². The molecule has 2 nitrogen and oxygen atoms in total. The average molecular weight is 270 g/mol. The lowest BCUT2D eigenvalue weighted by Gasteiger charge is -2.32. The van der Waals surface area contributed by atoms with Crippen molar-refractivity contribution in [1.29, 1.82) is 0 Å². The van der Waals surface area contributed by atoms with Crippen LogP contribution in [0, 0.1) is 5.92 Å². The largest absolute Gasteiger partial charge is 0.313 e. The first kappa shape index (κ1) is 14.7. The second-order valence-corrected chi connectivity index (χ2v) is 8.45. The Hall–Kier alpha value is 0.270. The van der Waals surface area contributed by atoms with E-state index in [1.807, 2.05) is 0 Å². The molecule has 0 aromatic rings. The second-order valence-electron chi connectivity index (χ2n) is 6.77. The van der Waals surface area contributed by atoms with Gasteiger partial charge in [0.15, 0.2) is 0 Å². The summed E-state index contributed by atoms with van der Waals surface area (Å²) < 4.78 is 0.534. The maximum atomic E-state index is 3.73. The van der Waals surface area contributed by atoms with Crippen LogP contribution in [0.2, 0.25) is 0 Å². The summed E-state index contributed by atoms with van der Waals surface area (Å²) in [4.78, 5) is 2.73. The molecule has 0 radical (unpaired) electrons. The van der Waals surface area contributed by atoms with Crippen molar-refractivity contribution in [1.82, 2.24) is 10.2 Å². The molecular formula is C15H30N2S. The Morgan fingerprint density at radius 3 is 2.89 bits per heavy atom. The fourth-order valence-corrected chi connectivity index (χ4v) is 4.73. The molecule has 2 saturated heterocycles. The van der Waals surface area contributed by atoms with E-state index in [1.54, 1.807) is 0 Å². The third-order valence-corrected chi connectivity index (χ3v) is 5.70. The molecule has 2 aliphatic heterocycles. The summed E-state index contributed by atoms with van der Waals surface area (Å²) in [5.74, 6) is 2.18. The van der Waals surface area contributed by atoms with Gasteiger partial charge in [-0.2, -0.15) is 11.8 Å². The number of thioether (sulfide) groups is 1. The zero-order chi connectivity index (χ0) is 13.0. The number of rotatable bonds is 4. The molecule has 2 rings (SSSR count). The lowest BCUT2D eigenvalue weighted by atomic mass is 10.0. The molecule has 1 N–H and O–H groups in total. The number of hydrogen-bond acceptors (Lipinski definition) is 3. The third kappa shape index (κ3) is 4.43. The summed E-state index contributed by atoms with van der Waals surface area (Å²) in [5, 5.41) is 3.73. The fourth-order valence-electron chi connectivity index (χ4n) is 3.38. The molecule has 2 fully saturated rings. The standard InChI is InChI=1S/C15H30N2S/c1-13(2)10-14-11-17(8-5-7-16-14)12-15(3)6-4-9-18-15/h13-14,16H,4-12H2,1-3H3. The van der Waals surface area contributed by atoms with E-state index in [-0.39, 0.29) is 0 Å². The molecule has 2 atom stereocenters. The number of hydrogen-bond donors (Lipinski definition) is 1. The Balaban J connectivity index is 1.86. The monoisotopic (exact) mass is 270 g/mol. The summed E-state index contributed by atoms with van der Waals surface area (Å²) in [6.07, 6.45) is 5.47. The van der Waals surface area contributed by atoms with Crippen LogP contribution >= 0.6 is 11.8 Å². The molecule has 2 unspecified atom stereocenters. The molecule has 0 amide bonds. The van der Waals surface area contributed by atoms with Gasteiger partial charge >= 0.3 is 0 Å². The van der Waals surface area contributed by atoms with Gasteiger partial charge in [-0.3, -0.25) is 0 Å². The molecule has 0 aliphatic carbocycles. The molecule has 18 heavy (non-hydrogen) atoms. The first-order chi connectivity index (χ1) is 8.57. The molecule has 0 spiro atoms. The second kappa shape index (κ2) is 6.62. The van der Waals surface area contributed by atoms with Crippen LogP contribution in [-0.2, 0) is 0 Å². The highest BCUT2D eigenvalue weighted by molar-refractivity contribution is 8.00. The van der Waals surface area contributed by atoms with Gasteiger partial charge in [-0.25, -0.2) is 0 Å². The Morgan fingerprint density at radius 2 is 2.22 bits per heavy atom. The molecule has 0 aromatic heterocycles. The van der Waals surface area contributed by atoms with Crippen molar-refractivity contribution in [3.8, 4) is 0 Å². The minimum atomic E-state index is 0.534. The summed E-state index contributed by atoms with van der Waals surface area (Å²) >= 11 is 2.20. The predicted molar refractivity (Wildman–Crippen MR) is 82.4 cm³/mol. The quantitative estimate of drug-likeness (QED) is 0.845. The minimum absolute atomic E-state index is 0.534. The van der Waals surface area contributed by atoms with Crippen molar-refractivity contribution in [2.75, 3.05) is 31.9 Å². The molecular weight excluding hydrogens is 240 g/mol. The topological polar surface area (TPSA) is 15.3 Å². The summed E-state index contributed by atoms with van der Waals surface area (Å²) in [6, 6.07) is 0.711. The molecule has 106 valence electrons. The first-order valence-corrected chi connectivity index (χ1v) is 8.66. The third-order valence-electron chi connectivity index (χ3n) is 4.18. The number of nitrogens with zero attached hydrogens (tertiary/aromatic N) is 1. The smallest absolute Gasteiger partial charge is 0.0259 e. The van der Waals surface area contributed by atoms with Gasteiger partial charge < -0.3 is 10.2 Å². The lowest BCUT2D eigenvalue weighted by Crippen LogP contribution is -2.43. The first-order valence-electron chi connectivity index (χ1n) is 7.67. The van der Waals surface area contributed by atoms with Crippen molar-refractivity contribution < 1.29 is 0 Å². The predicted octanol–water partition coefficient (Wildman–Crippen LogP) is 2.98. The van der Waals surface area contributed by atoms with Gasteiger partial charge in [0.1, 0.15) is 0 Å². The highest BCUT2D eigenvalue weighted by Gasteiger charge is 2.32. The van der Waals surface area contributed by atoms with E-state index in [4.69, 9.17) is 0 Å². The van der Waals surface area contributed by atoms with E-state index in [9.17, 15) is 0 Å². The fraction of sp³-hybridized carbons (Fsp3) is 1.00. The average Bonchev–Trinajstić information content (AvgIpc) is 2.58. The molecule has 0 saturated carbocycles. The Morgan fingerprint density at radius 1 is 1.39 bits per heavy atom. The molecule has 2 aliphatic rings. The Bertz CT molecular complexity index is 249. The molecule has 2 heterocycles. The molecule has 0 bridgehead atoms.